The molecule has 0 aromatic rings. The van der Waals surface area contributed by atoms with E-state index in [9.17, 15) is 4.79 Å². The molecule has 1 N–H and O–H groups in total. The van der Waals surface area contributed by atoms with Crippen molar-refractivity contribution in [3.05, 3.63) is 0 Å². The first-order chi connectivity index (χ1) is 4.84. The molecule has 11 heavy (non-hydrogen) atoms. The number of methoxy groups -OCH3 is 1. The largest absolute Gasteiger partial charge is 0.453 e. The standard InChI is InChI=1S/C6H12N2O2.ClH/c1-10-6(9)8-4-2-7-3-5-8;/h7H,2-5H2,1H3;1H. The first-order valence-corrected chi connectivity index (χ1v) is 3.38. The molecular formula is C6H13ClN2O2. The van der Waals surface area contributed by atoms with Gasteiger partial charge in [-0.05, 0) is 0 Å². The van der Waals surface area contributed by atoms with Gasteiger partial charge >= 0.3 is 6.09 Å². The second-order valence-electron chi connectivity index (χ2n) is 2.21. The lowest BCUT2D eigenvalue weighted by Crippen LogP contribution is -2.46. The van der Waals surface area contributed by atoms with Gasteiger partial charge in [0.1, 0.15) is 0 Å². The number of hydrogen-bond donors (Lipinski definition) is 1. The number of carbonyl (C=O) groups excluding carboxylic acids is 1. The number of rotatable bonds is 0. The van der Waals surface area contributed by atoms with Gasteiger partial charge in [0, 0.05) is 26.2 Å². The Kier molecular flexibility index (Phi) is 4.98. The Morgan fingerprint density at radius 1 is 1.45 bits per heavy atom. The van der Waals surface area contributed by atoms with Gasteiger partial charge in [-0.25, -0.2) is 4.79 Å². The van der Waals surface area contributed by atoms with E-state index < -0.39 is 0 Å². The summed E-state index contributed by atoms with van der Waals surface area (Å²) in [6, 6.07) is 0. The van der Waals surface area contributed by atoms with Crippen LogP contribution in [-0.4, -0.2) is 44.3 Å². The van der Waals surface area contributed by atoms with Crippen molar-refractivity contribution in [3.8, 4) is 0 Å². The first-order valence-electron chi connectivity index (χ1n) is 3.38. The molecule has 0 aromatic heterocycles. The summed E-state index contributed by atoms with van der Waals surface area (Å²) >= 11 is 0. The Hall–Kier alpha value is -0.480. The van der Waals surface area contributed by atoms with Crippen LogP contribution in [0, 0.1) is 0 Å². The van der Waals surface area contributed by atoms with Crippen LogP contribution in [0.5, 0.6) is 0 Å². The molecule has 5 heteroatoms. The molecule has 1 aliphatic heterocycles. The van der Waals surface area contributed by atoms with Crippen LogP contribution in [0.4, 0.5) is 4.79 Å². The number of hydrogen-bond acceptors (Lipinski definition) is 3. The summed E-state index contributed by atoms with van der Waals surface area (Å²) in [6.07, 6.45) is -0.221. The maximum Gasteiger partial charge on any atom is 0.409 e. The number of ether oxygens (including phenoxy) is 1. The van der Waals surface area contributed by atoms with Gasteiger partial charge in [0.2, 0.25) is 0 Å². The highest BCUT2D eigenvalue weighted by Gasteiger charge is 2.15. The third-order valence-corrected chi connectivity index (χ3v) is 1.55. The topological polar surface area (TPSA) is 41.6 Å². The normalized spacial score (nSPS) is 17.0. The number of halogens is 1. The molecule has 0 unspecified atom stereocenters. The van der Waals surface area contributed by atoms with E-state index in [2.05, 4.69) is 10.1 Å². The molecule has 66 valence electrons. The predicted octanol–water partition coefficient (Wildman–Crippen LogP) is 0.0798. The van der Waals surface area contributed by atoms with Crippen LogP contribution in [-0.2, 0) is 4.74 Å². The molecule has 1 aliphatic rings. The van der Waals surface area contributed by atoms with Gasteiger partial charge in [-0.3, -0.25) is 0 Å². The van der Waals surface area contributed by atoms with Gasteiger partial charge in [-0.15, -0.1) is 12.4 Å². The number of amides is 1. The average Bonchev–Trinajstić information content (AvgIpc) is 2.05. The van der Waals surface area contributed by atoms with Crippen LogP contribution in [0.3, 0.4) is 0 Å². The zero-order valence-corrected chi connectivity index (χ0v) is 7.32. The fraction of sp³-hybridized carbons (Fsp3) is 0.833. The summed E-state index contributed by atoms with van der Waals surface area (Å²) in [5.74, 6) is 0. The van der Waals surface area contributed by atoms with Gasteiger partial charge < -0.3 is 15.0 Å². The molecule has 0 bridgehead atoms. The Morgan fingerprint density at radius 3 is 2.45 bits per heavy atom. The fourth-order valence-electron chi connectivity index (χ4n) is 0.977. The van der Waals surface area contributed by atoms with Crippen molar-refractivity contribution in [3.63, 3.8) is 0 Å². The summed E-state index contributed by atoms with van der Waals surface area (Å²) in [4.78, 5) is 12.5. The number of nitrogens with zero attached hydrogens (tertiary/aromatic N) is 1. The third-order valence-electron chi connectivity index (χ3n) is 1.55. The minimum Gasteiger partial charge on any atom is -0.453 e. The van der Waals surface area contributed by atoms with Gasteiger partial charge in [-0.1, -0.05) is 0 Å². The lowest BCUT2D eigenvalue weighted by Gasteiger charge is -2.25. The SMILES string of the molecule is COC(=O)N1CCNCC1.Cl. The van der Waals surface area contributed by atoms with Crippen LogP contribution >= 0.6 is 12.4 Å². The zero-order valence-electron chi connectivity index (χ0n) is 6.50. The predicted molar refractivity (Wildman–Crippen MR) is 44.1 cm³/mol. The molecule has 0 saturated carbocycles. The van der Waals surface area contributed by atoms with Gasteiger partial charge in [-0.2, -0.15) is 0 Å². The summed E-state index contributed by atoms with van der Waals surface area (Å²) in [5.41, 5.74) is 0. The quantitative estimate of drug-likeness (QED) is 0.574. The van der Waals surface area contributed by atoms with Crippen molar-refractivity contribution in [2.45, 2.75) is 0 Å². The van der Waals surface area contributed by atoms with E-state index in [0.29, 0.717) is 0 Å². The summed E-state index contributed by atoms with van der Waals surface area (Å²) in [5, 5.41) is 3.14. The van der Waals surface area contributed by atoms with Crippen molar-refractivity contribution in [2.75, 3.05) is 33.3 Å². The Morgan fingerprint density at radius 2 is 2.00 bits per heavy atom. The lowest BCUT2D eigenvalue weighted by atomic mass is 10.4. The number of piperazine rings is 1. The highest BCUT2D eigenvalue weighted by Crippen LogP contribution is 1.94. The van der Waals surface area contributed by atoms with E-state index in [0.717, 1.165) is 26.2 Å². The first kappa shape index (κ1) is 10.5. The fourth-order valence-corrected chi connectivity index (χ4v) is 0.977. The second kappa shape index (κ2) is 5.21. The molecule has 0 aliphatic carbocycles. The summed E-state index contributed by atoms with van der Waals surface area (Å²) in [7, 11) is 1.41. The summed E-state index contributed by atoms with van der Waals surface area (Å²) in [6.45, 7) is 3.25. The van der Waals surface area contributed by atoms with E-state index in [-0.39, 0.29) is 18.5 Å². The molecule has 0 aromatic carbocycles. The minimum absolute atomic E-state index is 0. The van der Waals surface area contributed by atoms with E-state index in [4.69, 9.17) is 0 Å². The van der Waals surface area contributed by atoms with E-state index >= 15 is 0 Å². The van der Waals surface area contributed by atoms with Crippen LogP contribution in [0.15, 0.2) is 0 Å². The van der Waals surface area contributed by atoms with E-state index in [1.807, 2.05) is 0 Å². The molecular weight excluding hydrogens is 168 g/mol. The van der Waals surface area contributed by atoms with E-state index in [1.54, 1.807) is 4.90 Å². The lowest BCUT2D eigenvalue weighted by molar-refractivity contribution is 0.118. The minimum atomic E-state index is -0.221. The van der Waals surface area contributed by atoms with Crippen LogP contribution in [0.2, 0.25) is 0 Å². The third kappa shape index (κ3) is 2.95. The van der Waals surface area contributed by atoms with Crippen molar-refractivity contribution in [1.29, 1.82) is 0 Å². The summed E-state index contributed by atoms with van der Waals surface area (Å²) < 4.78 is 4.55. The van der Waals surface area contributed by atoms with Gasteiger partial charge in [0.05, 0.1) is 7.11 Å². The number of carbonyl (C=O) groups is 1. The monoisotopic (exact) mass is 180 g/mol. The smallest absolute Gasteiger partial charge is 0.409 e. The molecule has 4 nitrogen and oxygen atoms in total. The van der Waals surface area contributed by atoms with Crippen LogP contribution in [0.1, 0.15) is 0 Å². The molecule has 1 rings (SSSR count). The number of nitrogens with one attached hydrogen (secondary N) is 1. The van der Waals surface area contributed by atoms with Crippen molar-refractivity contribution >= 4 is 18.5 Å². The van der Waals surface area contributed by atoms with Crippen molar-refractivity contribution < 1.29 is 9.53 Å². The molecule has 1 fully saturated rings. The molecule has 0 radical (unpaired) electrons. The van der Waals surface area contributed by atoms with Crippen molar-refractivity contribution in [1.82, 2.24) is 10.2 Å². The molecule has 1 amide bonds. The van der Waals surface area contributed by atoms with Crippen LogP contribution in [0.25, 0.3) is 0 Å². The molecule has 0 spiro atoms. The van der Waals surface area contributed by atoms with E-state index in [1.165, 1.54) is 7.11 Å². The zero-order chi connectivity index (χ0) is 7.40. The maximum absolute atomic E-state index is 10.8. The average molecular weight is 181 g/mol. The molecule has 1 saturated heterocycles. The molecule has 1 heterocycles. The van der Waals surface area contributed by atoms with Gasteiger partial charge in [0.15, 0.2) is 0 Å². The highest BCUT2D eigenvalue weighted by atomic mass is 35.5. The Balaban J connectivity index is 0.000001000. The second-order valence-corrected chi connectivity index (χ2v) is 2.21. The maximum atomic E-state index is 10.8. The highest BCUT2D eigenvalue weighted by molar-refractivity contribution is 5.85. The van der Waals surface area contributed by atoms with Crippen LogP contribution < -0.4 is 5.32 Å². The Bertz CT molecular complexity index is 126. The molecule has 0 atom stereocenters. The Labute approximate surface area is 72.3 Å². The van der Waals surface area contributed by atoms with Gasteiger partial charge in [0.25, 0.3) is 0 Å². The van der Waals surface area contributed by atoms with Crippen molar-refractivity contribution in [2.24, 2.45) is 0 Å².